The Morgan fingerprint density at radius 1 is 0.963 bits per heavy atom. The lowest BCUT2D eigenvalue weighted by Crippen LogP contribution is -2.56. The van der Waals surface area contributed by atoms with Gasteiger partial charge in [-0.25, -0.2) is 0 Å². The first-order valence-corrected chi connectivity index (χ1v) is 8.95. The summed E-state index contributed by atoms with van der Waals surface area (Å²) in [5, 5.41) is 2.78. The molecule has 1 heterocycles. The topological polar surface area (TPSA) is 69.7 Å². The largest absolute Gasteiger partial charge is 0.350 e. The molecule has 1 fully saturated rings. The molecule has 1 aliphatic rings. The minimum absolute atomic E-state index is 0.113. The summed E-state index contributed by atoms with van der Waals surface area (Å²) in [6.45, 7) is 4.89. The van der Waals surface area contributed by atoms with Gasteiger partial charge in [0.25, 0.3) is 0 Å². The summed E-state index contributed by atoms with van der Waals surface area (Å²) in [5.74, 6) is -1.51. The number of rotatable bonds is 5. The molecule has 6 heteroatoms. The predicted octanol–water partition coefficient (Wildman–Crippen LogP) is 1.80. The molecule has 0 bridgehead atoms. The van der Waals surface area contributed by atoms with Gasteiger partial charge in [0.15, 0.2) is 0 Å². The molecule has 1 aliphatic heterocycles. The van der Waals surface area contributed by atoms with Crippen LogP contribution in [0.2, 0.25) is 0 Å². The summed E-state index contributed by atoms with van der Waals surface area (Å²) >= 11 is 0. The van der Waals surface area contributed by atoms with Crippen LogP contribution < -0.4 is 10.2 Å². The highest BCUT2D eigenvalue weighted by atomic mass is 16.2. The third kappa shape index (κ3) is 4.16. The summed E-state index contributed by atoms with van der Waals surface area (Å²) in [5.41, 5.74) is 3.78. The smallest absolute Gasteiger partial charge is 0.316 e. The Morgan fingerprint density at radius 2 is 1.70 bits per heavy atom. The van der Waals surface area contributed by atoms with E-state index in [-0.39, 0.29) is 12.5 Å². The van der Waals surface area contributed by atoms with E-state index < -0.39 is 11.8 Å². The van der Waals surface area contributed by atoms with E-state index in [0.29, 0.717) is 19.6 Å². The van der Waals surface area contributed by atoms with Crippen molar-refractivity contribution >= 4 is 23.4 Å². The zero-order chi connectivity index (χ0) is 19.4. The van der Waals surface area contributed by atoms with Crippen molar-refractivity contribution in [2.45, 2.75) is 20.4 Å². The predicted molar refractivity (Wildman–Crippen MR) is 103 cm³/mol. The second kappa shape index (κ2) is 8.03. The van der Waals surface area contributed by atoms with E-state index >= 15 is 0 Å². The van der Waals surface area contributed by atoms with Crippen molar-refractivity contribution in [3.8, 4) is 0 Å². The average Bonchev–Trinajstić information content (AvgIpc) is 2.67. The number of nitrogens with one attached hydrogen (secondary N) is 1. The summed E-state index contributed by atoms with van der Waals surface area (Å²) in [6, 6.07) is 15.2. The van der Waals surface area contributed by atoms with E-state index in [9.17, 15) is 14.4 Å². The van der Waals surface area contributed by atoms with E-state index in [0.717, 1.165) is 22.4 Å². The van der Waals surface area contributed by atoms with Crippen molar-refractivity contribution in [2.24, 2.45) is 0 Å². The van der Waals surface area contributed by atoms with Crippen LogP contribution >= 0.6 is 0 Å². The first kappa shape index (κ1) is 18.6. The van der Waals surface area contributed by atoms with Crippen molar-refractivity contribution in [1.29, 1.82) is 0 Å². The zero-order valence-electron chi connectivity index (χ0n) is 15.6. The maximum atomic E-state index is 12.6. The molecule has 0 unspecified atom stereocenters. The summed E-state index contributed by atoms with van der Waals surface area (Å²) in [7, 11) is 0. The van der Waals surface area contributed by atoms with Crippen molar-refractivity contribution in [2.75, 3.05) is 24.5 Å². The molecule has 0 aromatic heterocycles. The van der Waals surface area contributed by atoms with Crippen molar-refractivity contribution in [1.82, 2.24) is 10.2 Å². The lowest BCUT2D eigenvalue weighted by molar-refractivity contribution is -0.147. The van der Waals surface area contributed by atoms with Crippen LogP contribution in [-0.4, -0.2) is 42.3 Å². The van der Waals surface area contributed by atoms with Crippen LogP contribution in [0.5, 0.6) is 0 Å². The molecule has 2 aromatic carbocycles. The van der Waals surface area contributed by atoms with Gasteiger partial charge in [0.05, 0.1) is 0 Å². The van der Waals surface area contributed by atoms with Gasteiger partial charge in [-0.2, -0.15) is 0 Å². The SMILES string of the molecule is Cc1cccc(N2CCN(CC(=O)NCc3ccccc3)C(=O)C2=O)c1C. The molecule has 6 nitrogen and oxygen atoms in total. The molecule has 3 rings (SSSR count). The van der Waals surface area contributed by atoms with Crippen molar-refractivity contribution in [3.63, 3.8) is 0 Å². The fourth-order valence-electron chi connectivity index (χ4n) is 3.11. The van der Waals surface area contributed by atoms with E-state index in [1.807, 2.05) is 62.4 Å². The molecule has 0 spiro atoms. The first-order chi connectivity index (χ1) is 13.0. The fourth-order valence-corrected chi connectivity index (χ4v) is 3.11. The van der Waals surface area contributed by atoms with Gasteiger partial charge in [-0.05, 0) is 36.6 Å². The van der Waals surface area contributed by atoms with E-state index in [2.05, 4.69) is 5.32 Å². The van der Waals surface area contributed by atoms with Crippen LogP contribution in [-0.2, 0) is 20.9 Å². The maximum absolute atomic E-state index is 12.6. The van der Waals surface area contributed by atoms with Gasteiger partial charge in [-0.3, -0.25) is 14.4 Å². The third-order valence-corrected chi connectivity index (χ3v) is 4.84. The highest BCUT2D eigenvalue weighted by Gasteiger charge is 2.34. The molecule has 27 heavy (non-hydrogen) atoms. The molecule has 0 atom stereocenters. The fraction of sp³-hybridized carbons (Fsp3) is 0.286. The number of carbonyl (C=O) groups excluding carboxylic acids is 3. The van der Waals surface area contributed by atoms with Gasteiger partial charge in [0.1, 0.15) is 6.54 Å². The van der Waals surface area contributed by atoms with Gasteiger partial charge in [0, 0.05) is 25.3 Å². The number of anilines is 1. The second-order valence-corrected chi connectivity index (χ2v) is 6.66. The number of hydrogen-bond donors (Lipinski definition) is 1. The Bertz CT molecular complexity index is 864. The molecule has 3 amide bonds. The number of amides is 3. The molecule has 1 saturated heterocycles. The quantitative estimate of drug-likeness (QED) is 0.822. The Hall–Kier alpha value is -3.15. The third-order valence-electron chi connectivity index (χ3n) is 4.84. The van der Waals surface area contributed by atoms with Gasteiger partial charge in [-0.1, -0.05) is 42.5 Å². The lowest BCUT2D eigenvalue weighted by Gasteiger charge is -2.34. The molecule has 1 N–H and O–H groups in total. The molecule has 0 saturated carbocycles. The minimum Gasteiger partial charge on any atom is -0.350 e. The normalized spacial score (nSPS) is 14.4. The Morgan fingerprint density at radius 3 is 2.44 bits per heavy atom. The maximum Gasteiger partial charge on any atom is 0.316 e. The Balaban J connectivity index is 1.60. The number of carbonyl (C=O) groups is 3. The Kier molecular flexibility index (Phi) is 5.54. The zero-order valence-corrected chi connectivity index (χ0v) is 15.6. The van der Waals surface area contributed by atoms with Gasteiger partial charge in [-0.15, -0.1) is 0 Å². The first-order valence-electron chi connectivity index (χ1n) is 8.95. The Labute approximate surface area is 158 Å². The standard InChI is InChI=1S/C21H23N3O3/c1-15-7-6-10-18(16(15)2)24-12-11-23(20(26)21(24)27)14-19(25)22-13-17-8-4-3-5-9-17/h3-10H,11-14H2,1-2H3,(H,22,25). The van der Waals surface area contributed by atoms with Crippen LogP contribution in [0.1, 0.15) is 16.7 Å². The molecule has 140 valence electrons. The molecule has 0 radical (unpaired) electrons. The van der Waals surface area contributed by atoms with Crippen molar-refractivity contribution in [3.05, 3.63) is 65.2 Å². The average molecular weight is 365 g/mol. The lowest BCUT2D eigenvalue weighted by atomic mass is 10.1. The van der Waals surface area contributed by atoms with Gasteiger partial charge in [0.2, 0.25) is 5.91 Å². The van der Waals surface area contributed by atoms with Crippen LogP contribution in [0.4, 0.5) is 5.69 Å². The van der Waals surface area contributed by atoms with Crippen LogP contribution in [0.25, 0.3) is 0 Å². The highest BCUT2D eigenvalue weighted by molar-refractivity contribution is 6.41. The van der Waals surface area contributed by atoms with Crippen LogP contribution in [0.15, 0.2) is 48.5 Å². The summed E-state index contributed by atoms with van der Waals surface area (Å²) < 4.78 is 0. The van der Waals surface area contributed by atoms with Crippen molar-refractivity contribution < 1.29 is 14.4 Å². The number of aryl methyl sites for hydroxylation is 1. The highest BCUT2D eigenvalue weighted by Crippen LogP contribution is 2.24. The summed E-state index contributed by atoms with van der Waals surface area (Å²) in [6.07, 6.45) is 0. The molecule has 2 aromatic rings. The molecular formula is C21H23N3O3. The van der Waals surface area contributed by atoms with Crippen LogP contribution in [0, 0.1) is 13.8 Å². The number of nitrogens with zero attached hydrogens (tertiary/aromatic N) is 2. The summed E-state index contributed by atoms with van der Waals surface area (Å²) in [4.78, 5) is 40.0. The number of piperazine rings is 1. The monoisotopic (exact) mass is 365 g/mol. The number of benzene rings is 2. The van der Waals surface area contributed by atoms with E-state index in [1.54, 1.807) is 0 Å². The van der Waals surface area contributed by atoms with E-state index in [1.165, 1.54) is 9.80 Å². The molecular weight excluding hydrogens is 342 g/mol. The molecule has 0 aliphatic carbocycles. The van der Waals surface area contributed by atoms with E-state index in [4.69, 9.17) is 0 Å². The number of hydrogen-bond acceptors (Lipinski definition) is 3. The minimum atomic E-state index is -0.642. The van der Waals surface area contributed by atoms with Gasteiger partial charge >= 0.3 is 11.8 Å². The van der Waals surface area contributed by atoms with Gasteiger partial charge < -0.3 is 15.1 Å². The van der Waals surface area contributed by atoms with Crippen LogP contribution in [0.3, 0.4) is 0 Å². The second-order valence-electron chi connectivity index (χ2n) is 6.66.